The highest BCUT2D eigenvalue weighted by Crippen LogP contribution is 2.33. The molecule has 1 aromatic carbocycles. The second kappa shape index (κ2) is 5.95. The van der Waals surface area contributed by atoms with Gasteiger partial charge in [-0.15, -0.1) is 0 Å². The Bertz CT molecular complexity index is 963. The first-order chi connectivity index (χ1) is 12.0. The van der Waals surface area contributed by atoms with Crippen LogP contribution in [0.4, 0.5) is 0 Å². The lowest BCUT2D eigenvalue weighted by molar-refractivity contribution is 0.0731. The second-order valence-electron chi connectivity index (χ2n) is 6.62. The van der Waals surface area contributed by atoms with Crippen LogP contribution < -0.4 is 0 Å². The van der Waals surface area contributed by atoms with E-state index in [-0.39, 0.29) is 11.9 Å². The molecule has 6 heteroatoms. The minimum atomic E-state index is -0.0218. The van der Waals surface area contributed by atoms with Crippen LogP contribution in [0, 0.1) is 20.8 Å². The molecule has 0 saturated carbocycles. The minimum Gasteiger partial charge on any atom is -0.361 e. The van der Waals surface area contributed by atoms with E-state index in [1.165, 1.54) is 0 Å². The summed E-state index contributed by atoms with van der Waals surface area (Å²) in [5, 5.41) is 4.10. The van der Waals surface area contributed by atoms with Crippen molar-refractivity contribution in [3.63, 3.8) is 0 Å². The van der Waals surface area contributed by atoms with E-state index in [4.69, 9.17) is 4.52 Å². The van der Waals surface area contributed by atoms with Crippen molar-refractivity contribution in [2.45, 2.75) is 39.7 Å². The molecular weight excluding hydrogens is 316 g/mol. The minimum absolute atomic E-state index is 0.00470. The summed E-state index contributed by atoms with van der Waals surface area (Å²) in [5.74, 6) is 0.770. The van der Waals surface area contributed by atoms with Gasteiger partial charge in [0.1, 0.15) is 11.5 Å². The number of carbonyl (C=O) groups is 1. The molecule has 0 radical (unpaired) electrons. The van der Waals surface area contributed by atoms with Crippen LogP contribution in [0.1, 0.15) is 52.1 Å². The summed E-state index contributed by atoms with van der Waals surface area (Å²) in [6, 6.07) is 7.42. The fourth-order valence-electron chi connectivity index (χ4n) is 3.39. The predicted octanol–water partition coefficient (Wildman–Crippen LogP) is 3.52. The number of nitrogens with zero attached hydrogens (tertiary/aromatic N) is 4. The SMILES string of the molecule is Cc1cc([C@H]2CCCN2C(=O)c2ccc3nc(C)c(C)nc3c2)no1. The molecule has 0 N–H and O–H groups in total. The molecule has 1 atom stereocenters. The largest absolute Gasteiger partial charge is 0.361 e. The lowest BCUT2D eigenvalue weighted by Gasteiger charge is -2.23. The van der Waals surface area contributed by atoms with E-state index >= 15 is 0 Å². The van der Waals surface area contributed by atoms with Crippen molar-refractivity contribution in [1.29, 1.82) is 0 Å². The Morgan fingerprint density at radius 3 is 2.60 bits per heavy atom. The van der Waals surface area contributed by atoms with E-state index in [1.54, 1.807) is 0 Å². The third-order valence-electron chi connectivity index (χ3n) is 4.82. The summed E-state index contributed by atoms with van der Waals surface area (Å²) >= 11 is 0. The van der Waals surface area contributed by atoms with Crippen molar-refractivity contribution < 1.29 is 9.32 Å². The van der Waals surface area contributed by atoms with E-state index in [0.717, 1.165) is 53.3 Å². The molecule has 0 bridgehead atoms. The quantitative estimate of drug-likeness (QED) is 0.716. The Morgan fingerprint density at radius 1 is 1.12 bits per heavy atom. The molecule has 3 aromatic rings. The van der Waals surface area contributed by atoms with Gasteiger partial charge in [0.15, 0.2) is 0 Å². The van der Waals surface area contributed by atoms with Crippen LogP contribution >= 0.6 is 0 Å². The molecule has 0 unspecified atom stereocenters. The zero-order valence-electron chi connectivity index (χ0n) is 14.6. The Morgan fingerprint density at radius 2 is 1.88 bits per heavy atom. The van der Waals surface area contributed by atoms with E-state index in [9.17, 15) is 4.79 Å². The van der Waals surface area contributed by atoms with Crippen LogP contribution in [0.3, 0.4) is 0 Å². The van der Waals surface area contributed by atoms with E-state index in [2.05, 4.69) is 15.1 Å². The first-order valence-corrected chi connectivity index (χ1v) is 8.52. The maximum Gasteiger partial charge on any atom is 0.254 e. The topological polar surface area (TPSA) is 72.1 Å². The maximum absolute atomic E-state index is 13.1. The van der Waals surface area contributed by atoms with Crippen molar-refractivity contribution in [1.82, 2.24) is 20.0 Å². The van der Waals surface area contributed by atoms with Crippen LogP contribution in [0.15, 0.2) is 28.8 Å². The van der Waals surface area contributed by atoms with Gasteiger partial charge >= 0.3 is 0 Å². The molecule has 0 spiro atoms. The van der Waals surface area contributed by atoms with Crippen molar-refractivity contribution in [2.24, 2.45) is 0 Å². The number of aryl methyl sites for hydroxylation is 3. The van der Waals surface area contributed by atoms with Crippen LogP contribution in [-0.2, 0) is 0 Å². The average Bonchev–Trinajstić information content (AvgIpc) is 3.23. The molecule has 1 aliphatic heterocycles. The Hall–Kier alpha value is -2.76. The van der Waals surface area contributed by atoms with Gasteiger partial charge in [-0.2, -0.15) is 0 Å². The molecule has 1 aliphatic rings. The molecule has 1 fully saturated rings. The monoisotopic (exact) mass is 336 g/mol. The zero-order chi connectivity index (χ0) is 17.6. The molecule has 128 valence electrons. The average molecular weight is 336 g/mol. The van der Waals surface area contributed by atoms with Crippen LogP contribution in [0.5, 0.6) is 0 Å². The molecular formula is C19H20N4O2. The highest BCUT2D eigenvalue weighted by molar-refractivity contribution is 5.97. The highest BCUT2D eigenvalue weighted by Gasteiger charge is 2.32. The summed E-state index contributed by atoms with van der Waals surface area (Å²) in [5.41, 5.74) is 4.82. The molecule has 1 amide bonds. The fourth-order valence-corrected chi connectivity index (χ4v) is 3.39. The summed E-state index contributed by atoms with van der Waals surface area (Å²) < 4.78 is 5.19. The van der Waals surface area contributed by atoms with Crippen molar-refractivity contribution in [3.8, 4) is 0 Å². The standard InChI is InChI=1S/C19H20N4O2/c1-11-9-17(22-25-11)18-5-4-8-23(18)19(24)14-6-7-15-16(10-14)21-13(3)12(2)20-15/h6-7,9-10,18H,4-5,8H2,1-3H3/t18-/m1/s1. The first kappa shape index (κ1) is 15.7. The summed E-state index contributed by atoms with van der Waals surface area (Å²) in [7, 11) is 0. The Balaban J connectivity index is 1.67. The van der Waals surface area contributed by atoms with Gasteiger partial charge in [-0.3, -0.25) is 4.79 Å². The van der Waals surface area contributed by atoms with Crippen molar-refractivity contribution >= 4 is 16.9 Å². The molecule has 3 heterocycles. The number of benzene rings is 1. The van der Waals surface area contributed by atoms with E-state index < -0.39 is 0 Å². The number of fused-ring (bicyclic) bond motifs is 1. The highest BCUT2D eigenvalue weighted by atomic mass is 16.5. The van der Waals surface area contributed by atoms with Gasteiger partial charge in [-0.05, 0) is 51.8 Å². The first-order valence-electron chi connectivity index (χ1n) is 8.52. The van der Waals surface area contributed by atoms with E-state index in [0.29, 0.717) is 5.56 Å². The lowest BCUT2D eigenvalue weighted by atomic mass is 10.1. The number of aromatic nitrogens is 3. The third-order valence-corrected chi connectivity index (χ3v) is 4.82. The number of carbonyl (C=O) groups excluding carboxylic acids is 1. The maximum atomic E-state index is 13.1. The van der Waals surface area contributed by atoms with Gasteiger partial charge < -0.3 is 9.42 Å². The van der Waals surface area contributed by atoms with Gasteiger partial charge in [0.2, 0.25) is 0 Å². The number of hydrogen-bond acceptors (Lipinski definition) is 5. The van der Waals surface area contributed by atoms with Gasteiger partial charge in [-0.25, -0.2) is 9.97 Å². The van der Waals surface area contributed by atoms with Crippen LogP contribution in [-0.4, -0.2) is 32.5 Å². The Labute approximate surface area is 145 Å². The van der Waals surface area contributed by atoms with Gasteiger partial charge in [0, 0.05) is 18.2 Å². The number of likely N-dealkylation sites (tertiary alicyclic amines) is 1. The molecule has 0 aliphatic carbocycles. The van der Waals surface area contributed by atoms with Crippen molar-refractivity contribution in [3.05, 3.63) is 52.7 Å². The van der Waals surface area contributed by atoms with Gasteiger partial charge in [-0.1, -0.05) is 5.16 Å². The predicted molar refractivity (Wildman–Crippen MR) is 93.3 cm³/mol. The van der Waals surface area contributed by atoms with Crippen LogP contribution in [0.2, 0.25) is 0 Å². The van der Waals surface area contributed by atoms with Gasteiger partial charge in [0.25, 0.3) is 5.91 Å². The zero-order valence-corrected chi connectivity index (χ0v) is 14.6. The molecule has 6 nitrogen and oxygen atoms in total. The van der Waals surface area contributed by atoms with Crippen LogP contribution in [0.25, 0.3) is 11.0 Å². The summed E-state index contributed by atoms with van der Waals surface area (Å²) in [4.78, 5) is 24.0. The normalized spacial score (nSPS) is 17.4. The number of amides is 1. The number of rotatable bonds is 2. The number of hydrogen-bond donors (Lipinski definition) is 0. The fraction of sp³-hybridized carbons (Fsp3) is 0.368. The smallest absolute Gasteiger partial charge is 0.254 e. The Kier molecular flexibility index (Phi) is 3.75. The van der Waals surface area contributed by atoms with E-state index in [1.807, 2.05) is 49.9 Å². The van der Waals surface area contributed by atoms with Crippen molar-refractivity contribution in [2.75, 3.05) is 6.54 Å². The second-order valence-corrected chi connectivity index (χ2v) is 6.62. The molecule has 2 aromatic heterocycles. The van der Waals surface area contributed by atoms with Gasteiger partial charge in [0.05, 0.1) is 28.5 Å². The lowest BCUT2D eigenvalue weighted by Crippen LogP contribution is -2.30. The molecule has 4 rings (SSSR count). The molecule has 25 heavy (non-hydrogen) atoms. The molecule has 1 saturated heterocycles. The third kappa shape index (κ3) is 2.77. The summed E-state index contributed by atoms with van der Waals surface area (Å²) in [6.45, 7) is 6.46. The summed E-state index contributed by atoms with van der Waals surface area (Å²) in [6.07, 6.45) is 1.87.